The monoisotopic (exact) mass is 476 g/mol. The third-order valence-electron chi connectivity index (χ3n) is 4.34. The van der Waals surface area contributed by atoms with E-state index in [0.29, 0.717) is 12.5 Å². The number of aliphatic imine (C=N–C) groups is 1. The van der Waals surface area contributed by atoms with Gasteiger partial charge >= 0.3 is 0 Å². The summed E-state index contributed by atoms with van der Waals surface area (Å²) >= 11 is 0. The van der Waals surface area contributed by atoms with Gasteiger partial charge in [-0.1, -0.05) is 25.5 Å². The molecule has 0 radical (unpaired) electrons. The number of halogens is 1. The average molecular weight is 476 g/mol. The van der Waals surface area contributed by atoms with E-state index in [9.17, 15) is 10.1 Å². The number of ether oxygens (including phenoxy) is 1. The number of unbranched alkanes of at least 4 members (excludes halogenated alkanes) is 1. The van der Waals surface area contributed by atoms with E-state index in [4.69, 9.17) is 9.73 Å². The smallest absolute Gasteiger partial charge is 0.269 e. The summed E-state index contributed by atoms with van der Waals surface area (Å²) < 4.78 is 5.43. The first kappa shape index (κ1) is 22.6. The quantitative estimate of drug-likeness (QED) is 0.205. The van der Waals surface area contributed by atoms with Gasteiger partial charge in [0.15, 0.2) is 5.96 Å². The molecular formula is C18H29IN4O3. The molecule has 2 rings (SSSR count). The van der Waals surface area contributed by atoms with Crippen molar-refractivity contribution in [2.45, 2.75) is 32.7 Å². The molecule has 0 aliphatic carbocycles. The number of hydrogen-bond acceptors (Lipinski definition) is 4. The Labute approximate surface area is 172 Å². The molecule has 0 spiro atoms. The zero-order valence-electron chi connectivity index (χ0n) is 15.5. The third-order valence-corrected chi connectivity index (χ3v) is 4.34. The van der Waals surface area contributed by atoms with Crippen LogP contribution in [0.2, 0.25) is 0 Å². The fraction of sp³-hybridized carbons (Fsp3) is 0.611. The van der Waals surface area contributed by atoms with Gasteiger partial charge in [-0.25, -0.2) is 4.99 Å². The summed E-state index contributed by atoms with van der Waals surface area (Å²) in [6, 6.07) is 6.56. The summed E-state index contributed by atoms with van der Waals surface area (Å²) in [5, 5.41) is 14.2. The third kappa shape index (κ3) is 7.45. The Kier molecular flexibility index (Phi) is 10.5. The molecular weight excluding hydrogens is 447 g/mol. The summed E-state index contributed by atoms with van der Waals surface area (Å²) in [7, 11) is 2.04. The lowest BCUT2D eigenvalue weighted by Gasteiger charge is -2.23. The normalized spacial score (nSPS) is 16.8. The molecule has 0 aromatic heterocycles. The van der Waals surface area contributed by atoms with Gasteiger partial charge in [-0.15, -0.1) is 24.0 Å². The highest BCUT2D eigenvalue weighted by atomic mass is 127. The van der Waals surface area contributed by atoms with E-state index >= 15 is 0 Å². The van der Waals surface area contributed by atoms with Gasteiger partial charge in [0.2, 0.25) is 0 Å². The Hall–Kier alpha value is -1.42. The van der Waals surface area contributed by atoms with Crippen molar-refractivity contribution in [1.29, 1.82) is 0 Å². The average Bonchev–Trinajstić information content (AvgIpc) is 3.13. The molecule has 0 saturated carbocycles. The lowest BCUT2D eigenvalue weighted by molar-refractivity contribution is -0.384. The highest BCUT2D eigenvalue weighted by Crippen LogP contribution is 2.13. The van der Waals surface area contributed by atoms with Crippen molar-refractivity contribution in [2.75, 3.05) is 33.4 Å². The van der Waals surface area contributed by atoms with Gasteiger partial charge < -0.3 is 15.0 Å². The molecule has 1 saturated heterocycles. The molecule has 0 bridgehead atoms. The maximum Gasteiger partial charge on any atom is 0.269 e. The molecule has 26 heavy (non-hydrogen) atoms. The Morgan fingerprint density at radius 3 is 2.73 bits per heavy atom. The van der Waals surface area contributed by atoms with Crippen molar-refractivity contribution < 1.29 is 9.66 Å². The van der Waals surface area contributed by atoms with E-state index < -0.39 is 0 Å². The highest BCUT2D eigenvalue weighted by molar-refractivity contribution is 14.0. The van der Waals surface area contributed by atoms with Crippen LogP contribution in [-0.2, 0) is 11.3 Å². The maximum atomic E-state index is 10.7. The van der Waals surface area contributed by atoms with Gasteiger partial charge in [0.05, 0.1) is 18.1 Å². The minimum atomic E-state index is -0.387. The number of non-ortho nitro benzene ring substituents is 1. The number of rotatable bonds is 8. The summed E-state index contributed by atoms with van der Waals surface area (Å²) in [5.74, 6) is 1.41. The van der Waals surface area contributed by atoms with E-state index in [2.05, 4.69) is 17.1 Å². The molecule has 1 N–H and O–H groups in total. The van der Waals surface area contributed by atoms with E-state index in [1.54, 1.807) is 12.1 Å². The zero-order chi connectivity index (χ0) is 18.1. The summed E-state index contributed by atoms with van der Waals surface area (Å²) in [4.78, 5) is 17.2. The van der Waals surface area contributed by atoms with Gasteiger partial charge in [0, 0.05) is 44.8 Å². The second-order valence-corrected chi connectivity index (χ2v) is 6.45. The van der Waals surface area contributed by atoms with E-state index in [-0.39, 0.29) is 34.6 Å². The van der Waals surface area contributed by atoms with E-state index in [0.717, 1.165) is 57.1 Å². The molecule has 8 heteroatoms. The zero-order valence-corrected chi connectivity index (χ0v) is 17.8. The first-order valence-electron chi connectivity index (χ1n) is 8.90. The van der Waals surface area contributed by atoms with Gasteiger partial charge in [-0.05, 0) is 18.4 Å². The largest absolute Gasteiger partial charge is 0.381 e. The van der Waals surface area contributed by atoms with Crippen LogP contribution in [0.15, 0.2) is 29.3 Å². The summed E-state index contributed by atoms with van der Waals surface area (Å²) in [6.07, 6.45) is 3.33. The van der Waals surface area contributed by atoms with Crippen molar-refractivity contribution in [3.05, 3.63) is 39.9 Å². The van der Waals surface area contributed by atoms with Crippen LogP contribution in [0.5, 0.6) is 0 Å². The minimum Gasteiger partial charge on any atom is -0.381 e. The number of benzene rings is 1. The highest BCUT2D eigenvalue weighted by Gasteiger charge is 2.16. The van der Waals surface area contributed by atoms with Crippen LogP contribution < -0.4 is 5.32 Å². The van der Waals surface area contributed by atoms with Crippen molar-refractivity contribution in [2.24, 2.45) is 10.9 Å². The van der Waals surface area contributed by atoms with Crippen LogP contribution in [0.3, 0.4) is 0 Å². The predicted octanol–water partition coefficient (Wildman–Crippen LogP) is 3.43. The Morgan fingerprint density at radius 1 is 1.42 bits per heavy atom. The van der Waals surface area contributed by atoms with Crippen molar-refractivity contribution in [3.63, 3.8) is 0 Å². The van der Waals surface area contributed by atoms with Gasteiger partial charge in [0.25, 0.3) is 5.69 Å². The molecule has 1 fully saturated rings. The molecule has 1 unspecified atom stereocenters. The van der Waals surface area contributed by atoms with Crippen molar-refractivity contribution >= 4 is 35.6 Å². The number of hydrogen-bond donors (Lipinski definition) is 1. The van der Waals surface area contributed by atoms with E-state index in [1.807, 2.05) is 7.05 Å². The second-order valence-electron chi connectivity index (χ2n) is 6.45. The Balaban J connectivity index is 0.00000338. The molecule has 146 valence electrons. The van der Waals surface area contributed by atoms with Crippen LogP contribution >= 0.6 is 24.0 Å². The van der Waals surface area contributed by atoms with Gasteiger partial charge in [-0.3, -0.25) is 10.1 Å². The number of nitro benzene ring substituents is 1. The number of nitro groups is 1. The molecule has 0 amide bonds. The fourth-order valence-electron chi connectivity index (χ4n) is 2.68. The van der Waals surface area contributed by atoms with Gasteiger partial charge in [0.1, 0.15) is 0 Å². The molecule has 1 atom stereocenters. The lowest BCUT2D eigenvalue weighted by Crippen LogP contribution is -2.41. The lowest BCUT2D eigenvalue weighted by atomic mass is 10.1. The molecule has 1 aliphatic heterocycles. The standard InChI is InChI=1S/C18H28N4O3.HI/c1-3-4-10-21(2)18(20-13-16-9-11-25-14-16)19-12-15-5-7-17(8-6-15)22(23)24;/h5-8,16H,3-4,9-14H2,1-2H3,(H,19,20);1H. The van der Waals surface area contributed by atoms with Crippen molar-refractivity contribution in [1.82, 2.24) is 10.2 Å². The van der Waals surface area contributed by atoms with Crippen LogP contribution in [0.4, 0.5) is 5.69 Å². The number of nitrogens with zero attached hydrogens (tertiary/aromatic N) is 3. The fourth-order valence-corrected chi connectivity index (χ4v) is 2.68. The van der Waals surface area contributed by atoms with Crippen LogP contribution in [0.1, 0.15) is 31.7 Å². The second kappa shape index (κ2) is 12.1. The molecule has 1 aromatic carbocycles. The molecule has 1 aromatic rings. The summed E-state index contributed by atoms with van der Waals surface area (Å²) in [5.41, 5.74) is 1.06. The molecule has 1 aliphatic rings. The molecule has 1 heterocycles. The van der Waals surface area contributed by atoms with Crippen LogP contribution in [0, 0.1) is 16.0 Å². The van der Waals surface area contributed by atoms with Gasteiger partial charge in [-0.2, -0.15) is 0 Å². The number of guanidine groups is 1. The number of nitrogens with one attached hydrogen (secondary N) is 1. The van der Waals surface area contributed by atoms with Crippen LogP contribution in [0.25, 0.3) is 0 Å². The Morgan fingerprint density at radius 2 is 2.15 bits per heavy atom. The Bertz CT molecular complexity index is 574. The topological polar surface area (TPSA) is 80.0 Å². The SMILES string of the molecule is CCCCN(C)C(=NCc1ccc([N+](=O)[O-])cc1)NCC1CCOC1.I. The van der Waals surface area contributed by atoms with E-state index in [1.165, 1.54) is 12.1 Å². The first-order chi connectivity index (χ1) is 12.1. The summed E-state index contributed by atoms with van der Waals surface area (Å²) in [6.45, 7) is 6.12. The maximum absolute atomic E-state index is 10.7. The van der Waals surface area contributed by atoms with Crippen molar-refractivity contribution in [3.8, 4) is 0 Å². The minimum absolute atomic E-state index is 0. The predicted molar refractivity (Wildman–Crippen MR) is 114 cm³/mol. The first-order valence-corrected chi connectivity index (χ1v) is 8.90. The van der Waals surface area contributed by atoms with Crippen LogP contribution in [-0.4, -0.2) is 49.1 Å². The molecule has 7 nitrogen and oxygen atoms in total.